The van der Waals surface area contributed by atoms with Crippen LogP contribution in [0.15, 0.2) is 52.9 Å². The highest BCUT2D eigenvalue weighted by atomic mass is 16.5. The van der Waals surface area contributed by atoms with Crippen LogP contribution in [-0.4, -0.2) is 18.8 Å². The van der Waals surface area contributed by atoms with Crippen molar-refractivity contribution in [1.82, 2.24) is 0 Å². The summed E-state index contributed by atoms with van der Waals surface area (Å²) in [7, 11) is 1.55. The van der Waals surface area contributed by atoms with Gasteiger partial charge in [-0.1, -0.05) is 30.3 Å². The first kappa shape index (κ1) is 14.8. The van der Waals surface area contributed by atoms with Crippen molar-refractivity contribution in [2.45, 2.75) is 6.92 Å². The van der Waals surface area contributed by atoms with E-state index in [-0.39, 0.29) is 17.5 Å². The zero-order valence-corrected chi connectivity index (χ0v) is 12.8. The Morgan fingerprint density at radius 3 is 2.48 bits per heavy atom. The second kappa shape index (κ2) is 5.96. The Bertz CT molecular complexity index is 881. The molecule has 5 heteroatoms. The Morgan fingerprint density at radius 2 is 1.83 bits per heavy atom. The van der Waals surface area contributed by atoms with Crippen LogP contribution in [0.3, 0.4) is 0 Å². The van der Waals surface area contributed by atoms with Gasteiger partial charge in [-0.15, -0.1) is 0 Å². The van der Waals surface area contributed by atoms with Gasteiger partial charge in [0.1, 0.15) is 11.3 Å². The first-order chi connectivity index (χ1) is 11.1. The van der Waals surface area contributed by atoms with Crippen molar-refractivity contribution < 1.29 is 18.7 Å². The Hall–Kier alpha value is -3.08. The number of methoxy groups -OCH3 is 1. The fraction of sp³-hybridized carbons (Fsp3) is 0.111. The molecule has 1 N–H and O–H groups in total. The van der Waals surface area contributed by atoms with Crippen molar-refractivity contribution in [2.24, 2.45) is 0 Å². The number of fused-ring (bicyclic) bond motifs is 1. The number of ether oxygens (including phenoxy) is 1. The fourth-order valence-electron chi connectivity index (χ4n) is 2.38. The molecule has 0 aliphatic carbocycles. The van der Waals surface area contributed by atoms with Crippen LogP contribution in [0.1, 0.15) is 23.0 Å². The maximum absolute atomic E-state index is 12.7. The van der Waals surface area contributed by atoms with Crippen molar-refractivity contribution >= 4 is 28.3 Å². The van der Waals surface area contributed by atoms with Crippen LogP contribution >= 0.6 is 0 Å². The van der Waals surface area contributed by atoms with Gasteiger partial charge in [0.05, 0.1) is 12.8 Å². The van der Waals surface area contributed by atoms with E-state index in [9.17, 15) is 9.59 Å². The summed E-state index contributed by atoms with van der Waals surface area (Å²) in [5.41, 5.74) is 1.36. The van der Waals surface area contributed by atoms with E-state index >= 15 is 0 Å². The van der Waals surface area contributed by atoms with Gasteiger partial charge in [0.25, 0.3) is 0 Å². The van der Waals surface area contributed by atoms with Crippen molar-refractivity contribution in [3.63, 3.8) is 0 Å². The molecule has 116 valence electrons. The summed E-state index contributed by atoms with van der Waals surface area (Å²) in [5.74, 6) is 0.153. The van der Waals surface area contributed by atoms with Gasteiger partial charge in [0.2, 0.25) is 11.7 Å². The lowest BCUT2D eigenvalue weighted by atomic mass is 10.1. The number of carbonyl (C=O) groups excluding carboxylic acids is 2. The molecule has 23 heavy (non-hydrogen) atoms. The third-order valence-electron chi connectivity index (χ3n) is 3.44. The molecule has 0 spiro atoms. The molecule has 2 aromatic carbocycles. The molecule has 1 heterocycles. The Morgan fingerprint density at radius 1 is 1.09 bits per heavy atom. The molecule has 0 saturated heterocycles. The minimum atomic E-state index is -0.287. The van der Waals surface area contributed by atoms with Gasteiger partial charge >= 0.3 is 0 Å². The molecule has 0 unspecified atom stereocenters. The summed E-state index contributed by atoms with van der Waals surface area (Å²) < 4.78 is 10.9. The largest absolute Gasteiger partial charge is 0.497 e. The van der Waals surface area contributed by atoms with Crippen LogP contribution in [0, 0.1) is 0 Å². The third-order valence-corrected chi connectivity index (χ3v) is 3.44. The minimum absolute atomic E-state index is 0.106. The van der Waals surface area contributed by atoms with Crippen molar-refractivity contribution in [3.05, 3.63) is 59.9 Å². The van der Waals surface area contributed by atoms with Crippen LogP contribution in [0.25, 0.3) is 11.0 Å². The van der Waals surface area contributed by atoms with E-state index in [1.54, 1.807) is 49.6 Å². The van der Waals surface area contributed by atoms with Gasteiger partial charge in [0, 0.05) is 17.9 Å². The van der Waals surface area contributed by atoms with Gasteiger partial charge < -0.3 is 14.5 Å². The number of nitrogens with one attached hydrogen (secondary N) is 1. The number of hydrogen-bond donors (Lipinski definition) is 1. The third kappa shape index (κ3) is 2.81. The Labute approximate surface area is 132 Å². The average molecular weight is 309 g/mol. The molecule has 0 radical (unpaired) electrons. The van der Waals surface area contributed by atoms with Gasteiger partial charge in [-0.25, -0.2) is 0 Å². The normalized spacial score (nSPS) is 10.5. The Balaban J connectivity index is 2.19. The van der Waals surface area contributed by atoms with Crippen LogP contribution in [0.5, 0.6) is 5.75 Å². The summed E-state index contributed by atoms with van der Waals surface area (Å²) in [4.78, 5) is 24.2. The van der Waals surface area contributed by atoms with E-state index in [0.29, 0.717) is 28.0 Å². The summed E-state index contributed by atoms with van der Waals surface area (Å²) in [6.45, 7) is 1.38. The SMILES string of the molecule is COc1ccc2oc(C(=O)c3ccccc3)c(NC(C)=O)c2c1. The molecule has 3 aromatic rings. The number of furan rings is 1. The topological polar surface area (TPSA) is 68.5 Å². The average Bonchev–Trinajstić information content (AvgIpc) is 2.92. The number of ketones is 1. The standard InChI is InChI=1S/C18H15NO4/c1-11(20)19-16-14-10-13(22-2)8-9-15(14)23-18(16)17(21)12-6-4-3-5-7-12/h3-10H,1-2H3,(H,19,20). The first-order valence-corrected chi connectivity index (χ1v) is 7.08. The van der Waals surface area contributed by atoms with Gasteiger partial charge in [-0.3, -0.25) is 9.59 Å². The molecular formula is C18H15NO4. The predicted molar refractivity (Wildman–Crippen MR) is 86.9 cm³/mol. The number of carbonyl (C=O) groups is 2. The monoisotopic (exact) mass is 309 g/mol. The van der Waals surface area contributed by atoms with Crippen LogP contribution in [0.2, 0.25) is 0 Å². The number of amides is 1. The molecule has 0 atom stereocenters. The first-order valence-electron chi connectivity index (χ1n) is 7.08. The molecule has 0 aliphatic heterocycles. The zero-order valence-electron chi connectivity index (χ0n) is 12.8. The predicted octanol–water partition coefficient (Wildman–Crippen LogP) is 3.63. The molecule has 0 aliphatic rings. The zero-order chi connectivity index (χ0) is 16.4. The summed E-state index contributed by atoms with van der Waals surface area (Å²) >= 11 is 0. The highest BCUT2D eigenvalue weighted by Crippen LogP contribution is 2.34. The maximum atomic E-state index is 12.7. The van der Waals surface area contributed by atoms with Gasteiger partial charge in [0.15, 0.2) is 5.76 Å². The summed E-state index contributed by atoms with van der Waals surface area (Å²) in [5, 5.41) is 3.31. The number of hydrogen-bond acceptors (Lipinski definition) is 4. The molecule has 0 fully saturated rings. The molecule has 5 nitrogen and oxygen atoms in total. The van der Waals surface area contributed by atoms with Crippen molar-refractivity contribution in [3.8, 4) is 5.75 Å². The van der Waals surface area contributed by atoms with E-state index in [1.807, 2.05) is 6.07 Å². The number of benzene rings is 2. The highest BCUT2D eigenvalue weighted by Gasteiger charge is 2.23. The van der Waals surface area contributed by atoms with Crippen LogP contribution in [-0.2, 0) is 4.79 Å². The quantitative estimate of drug-likeness (QED) is 0.747. The second-order valence-corrected chi connectivity index (χ2v) is 5.04. The Kier molecular flexibility index (Phi) is 3.85. The summed E-state index contributed by atoms with van der Waals surface area (Å²) in [6, 6.07) is 14.0. The molecular weight excluding hydrogens is 294 g/mol. The van der Waals surface area contributed by atoms with Gasteiger partial charge in [-0.2, -0.15) is 0 Å². The molecule has 1 amide bonds. The number of anilines is 1. The number of rotatable bonds is 4. The van der Waals surface area contributed by atoms with Crippen molar-refractivity contribution in [1.29, 1.82) is 0 Å². The lowest BCUT2D eigenvalue weighted by Crippen LogP contribution is -2.10. The van der Waals surface area contributed by atoms with Crippen molar-refractivity contribution in [2.75, 3.05) is 12.4 Å². The highest BCUT2D eigenvalue weighted by molar-refractivity contribution is 6.17. The van der Waals surface area contributed by atoms with E-state index < -0.39 is 0 Å². The lowest BCUT2D eigenvalue weighted by molar-refractivity contribution is -0.114. The van der Waals surface area contributed by atoms with Gasteiger partial charge in [-0.05, 0) is 18.2 Å². The molecule has 3 rings (SSSR count). The van der Waals surface area contributed by atoms with E-state index in [4.69, 9.17) is 9.15 Å². The minimum Gasteiger partial charge on any atom is -0.497 e. The van der Waals surface area contributed by atoms with E-state index in [0.717, 1.165) is 0 Å². The lowest BCUT2D eigenvalue weighted by Gasteiger charge is -2.04. The molecule has 1 aromatic heterocycles. The van der Waals surface area contributed by atoms with Crippen LogP contribution in [0.4, 0.5) is 5.69 Å². The smallest absolute Gasteiger partial charge is 0.230 e. The maximum Gasteiger partial charge on any atom is 0.230 e. The summed E-state index contributed by atoms with van der Waals surface area (Å²) in [6.07, 6.45) is 0. The molecule has 0 saturated carbocycles. The fourth-order valence-corrected chi connectivity index (χ4v) is 2.38. The van der Waals surface area contributed by atoms with Crippen LogP contribution < -0.4 is 10.1 Å². The van der Waals surface area contributed by atoms with E-state index in [1.165, 1.54) is 6.92 Å². The molecule has 0 bridgehead atoms. The second-order valence-electron chi connectivity index (χ2n) is 5.04. The van der Waals surface area contributed by atoms with E-state index in [2.05, 4.69) is 5.32 Å².